The lowest BCUT2D eigenvalue weighted by atomic mass is 10.2. The van der Waals surface area contributed by atoms with Gasteiger partial charge in [-0.25, -0.2) is 4.79 Å². The molecule has 0 aliphatic carbocycles. The molecule has 1 aromatic rings. The molecule has 0 saturated carbocycles. The average molecular weight is 341 g/mol. The monoisotopic (exact) mass is 340 g/mol. The zero-order valence-corrected chi connectivity index (χ0v) is 13.3. The van der Waals surface area contributed by atoms with Gasteiger partial charge in [-0.3, -0.25) is 0 Å². The Kier molecular flexibility index (Phi) is 5.83. The summed E-state index contributed by atoms with van der Waals surface area (Å²) in [6.45, 7) is 6.07. The molecule has 0 aliphatic rings. The second-order valence-electron chi connectivity index (χ2n) is 5.03. The normalized spacial score (nSPS) is 10.6. The minimum absolute atomic E-state index is 0.317. The van der Waals surface area contributed by atoms with Crippen LogP contribution in [-0.4, -0.2) is 24.8 Å². The third kappa shape index (κ3) is 5.93. The fourth-order valence-corrected chi connectivity index (χ4v) is 1.76. The number of carbonyl (C=O) groups is 1. The van der Waals surface area contributed by atoms with Gasteiger partial charge < -0.3 is 14.8 Å². The van der Waals surface area contributed by atoms with Crippen LogP contribution in [0.25, 0.3) is 0 Å². The number of nitrogens with zero attached hydrogens (tertiary/aromatic N) is 1. The van der Waals surface area contributed by atoms with Crippen molar-refractivity contribution in [2.24, 2.45) is 0 Å². The predicted octanol–water partition coefficient (Wildman–Crippen LogP) is 3.22. The first-order valence-electron chi connectivity index (χ1n) is 6.11. The smallest absolute Gasteiger partial charge is 0.407 e. The molecule has 0 atom stereocenters. The van der Waals surface area contributed by atoms with Crippen molar-refractivity contribution < 1.29 is 14.3 Å². The van der Waals surface area contributed by atoms with Crippen LogP contribution in [0.2, 0.25) is 0 Å². The molecule has 6 heteroatoms. The van der Waals surface area contributed by atoms with Gasteiger partial charge in [-0.2, -0.15) is 5.26 Å². The highest BCUT2D eigenvalue weighted by Crippen LogP contribution is 2.22. The Balaban J connectivity index is 2.33. The molecule has 1 rings (SSSR count). The van der Waals surface area contributed by atoms with Gasteiger partial charge in [0.2, 0.25) is 0 Å². The maximum atomic E-state index is 11.4. The second-order valence-corrected chi connectivity index (χ2v) is 5.88. The van der Waals surface area contributed by atoms with Gasteiger partial charge in [0.1, 0.15) is 24.0 Å². The molecular formula is C14H17BrN2O3. The molecule has 0 unspecified atom stereocenters. The van der Waals surface area contributed by atoms with Crippen molar-refractivity contribution in [2.75, 3.05) is 13.2 Å². The van der Waals surface area contributed by atoms with Gasteiger partial charge in [0.15, 0.2) is 0 Å². The van der Waals surface area contributed by atoms with Crippen molar-refractivity contribution in [1.29, 1.82) is 5.26 Å². The number of carbonyl (C=O) groups excluding carboxylic acids is 1. The lowest BCUT2D eigenvalue weighted by molar-refractivity contribution is 0.0520. The molecule has 0 saturated heterocycles. The van der Waals surface area contributed by atoms with Gasteiger partial charge in [0.05, 0.1) is 12.1 Å². The first kappa shape index (κ1) is 16.3. The maximum Gasteiger partial charge on any atom is 0.407 e. The Morgan fingerprint density at radius 1 is 1.45 bits per heavy atom. The van der Waals surface area contributed by atoms with Gasteiger partial charge in [0, 0.05) is 4.47 Å². The minimum Gasteiger partial charge on any atom is -0.492 e. The highest BCUT2D eigenvalue weighted by molar-refractivity contribution is 9.10. The van der Waals surface area contributed by atoms with Gasteiger partial charge in [-0.05, 0) is 54.9 Å². The number of amides is 1. The Bertz CT molecular complexity index is 518. The number of rotatable bonds is 4. The highest BCUT2D eigenvalue weighted by atomic mass is 79.9. The van der Waals surface area contributed by atoms with Crippen LogP contribution < -0.4 is 10.1 Å². The summed E-state index contributed by atoms with van der Waals surface area (Å²) in [5.74, 6) is 0.627. The first-order valence-corrected chi connectivity index (χ1v) is 6.90. The van der Waals surface area contributed by atoms with E-state index in [-0.39, 0.29) is 0 Å². The molecule has 108 valence electrons. The molecule has 0 bridgehead atoms. The molecule has 0 heterocycles. The lowest BCUT2D eigenvalue weighted by Crippen LogP contribution is -2.34. The van der Waals surface area contributed by atoms with E-state index < -0.39 is 11.7 Å². The number of benzene rings is 1. The standard InChI is InChI=1S/C14H17BrN2O3/c1-14(2,3)20-13(18)17-6-7-19-11-5-4-10(9-16)12(15)8-11/h4-5,8H,6-7H2,1-3H3,(H,17,18). The highest BCUT2D eigenvalue weighted by Gasteiger charge is 2.15. The number of ether oxygens (including phenoxy) is 2. The third-order valence-electron chi connectivity index (χ3n) is 2.10. The molecule has 0 spiro atoms. The predicted molar refractivity (Wildman–Crippen MR) is 78.6 cm³/mol. The summed E-state index contributed by atoms with van der Waals surface area (Å²) in [5.41, 5.74) is 0.0346. The first-order chi connectivity index (χ1) is 9.31. The zero-order chi connectivity index (χ0) is 15.2. The van der Waals surface area contributed by atoms with Crippen LogP contribution in [0.3, 0.4) is 0 Å². The van der Waals surface area contributed by atoms with E-state index in [2.05, 4.69) is 27.3 Å². The number of nitrogens with one attached hydrogen (secondary N) is 1. The summed E-state index contributed by atoms with van der Waals surface area (Å²) in [6, 6.07) is 7.14. The Hall–Kier alpha value is -1.74. The number of halogens is 1. The summed E-state index contributed by atoms with van der Waals surface area (Å²) >= 11 is 3.28. The molecule has 0 aromatic heterocycles. The quantitative estimate of drug-likeness (QED) is 0.854. The summed E-state index contributed by atoms with van der Waals surface area (Å²) < 4.78 is 11.2. The number of alkyl carbamates (subject to hydrolysis) is 1. The molecule has 20 heavy (non-hydrogen) atoms. The summed E-state index contributed by atoms with van der Waals surface area (Å²) in [7, 11) is 0. The largest absolute Gasteiger partial charge is 0.492 e. The summed E-state index contributed by atoms with van der Waals surface area (Å²) in [6.07, 6.45) is -0.470. The van der Waals surface area contributed by atoms with Crippen LogP contribution in [0.15, 0.2) is 22.7 Å². The van der Waals surface area contributed by atoms with Crippen molar-refractivity contribution in [3.8, 4) is 11.8 Å². The maximum absolute atomic E-state index is 11.4. The second kappa shape index (κ2) is 7.15. The number of hydrogen-bond acceptors (Lipinski definition) is 4. The Morgan fingerprint density at radius 3 is 2.70 bits per heavy atom. The summed E-state index contributed by atoms with van der Waals surface area (Å²) in [4.78, 5) is 11.4. The molecule has 0 aliphatic heterocycles. The molecule has 1 N–H and O–H groups in total. The van der Waals surface area contributed by atoms with E-state index in [9.17, 15) is 4.79 Å². The number of nitriles is 1. The topological polar surface area (TPSA) is 71.3 Å². The third-order valence-corrected chi connectivity index (χ3v) is 2.76. The molecule has 1 amide bonds. The van der Waals surface area contributed by atoms with E-state index >= 15 is 0 Å². The molecular weight excluding hydrogens is 324 g/mol. The van der Waals surface area contributed by atoms with Crippen LogP contribution in [0.5, 0.6) is 5.75 Å². The fraction of sp³-hybridized carbons (Fsp3) is 0.429. The average Bonchev–Trinajstić information content (AvgIpc) is 2.33. The molecule has 0 fully saturated rings. The van der Waals surface area contributed by atoms with Gasteiger partial charge in [0.25, 0.3) is 0 Å². The summed E-state index contributed by atoms with van der Waals surface area (Å²) in [5, 5.41) is 11.4. The Labute approximate surface area is 127 Å². The SMILES string of the molecule is CC(C)(C)OC(=O)NCCOc1ccc(C#N)c(Br)c1. The minimum atomic E-state index is -0.511. The lowest BCUT2D eigenvalue weighted by Gasteiger charge is -2.19. The van der Waals surface area contributed by atoms with E-state index in [0.717, 1.165) is 0 Å². The van der Waals surface area contributed by atoms with Crippen LogP contribution in [0.1, 0.15) is 26.3 Å². The van der Waals surface area contributed by atoms with Crippen molar-refractivity contribution in [3.05, 3.63) is 28.2 Å². The van der Waals surface area contributed by atoms with E-state index in [1.807, 2.05) is 0 Å². The number of hydrogen-bond donors (Lipinski definition) is 1. The van der Waals surface area contributed by atoms with Gasteiger partial charge in [-0.15, -0.1) is 0 Å². The Morgan fingerprint density at radius 2 is 2.15 bits per heavy atom. The van der Waals surface area contributed by atoms with Crippen LogP contribution in [0, 0.1) is 11.3 Å². The molecule has 0 radical (unpaired) electrons. The van der Waals surface area contributed by atoms with Crippen molar-refractivity contribution in [2.45, 2.75) is 26.4 Å². The molecule has 1 aromatic carbocycles. The van der Waals surface area contributed by atoms with Crippen molar-refractivity contribution in [3.63, 3.8) is 0 Å². The van der Waals surface area contributed by atoms with E-state index in [1.165, 1.54) is 0 Å². The van der Waals surface area contributed by atoms with E-state index in [1.54, 1.807) is 39.0 Å². The fourth-order valence-electron chi connectivity index (χ4n) is 1.31. The zero-order valence-electron chi connectivity index (χ0n) is 11.7. The van der Waals surface area contributed by atoms with E-state index in [4.69, 9.17) is 14.7 Å². The van der Waals surface area contributed by atoms with E-state index in [0.29, 0.717) is 28.9 Å². The van der Waals surface area contributed by atoms with Crippen LogP contribution >= 0.6 is 15.9 Å². The van der Waals surface area contributed by atoms with Gasteiger partial charge in [-0.1, -0.05) is 0 Å². The van der Waals surface area contributed by atoms with Crippen molar-refractivity contribution in [1.82, 2.24) is 5.32 Å². The molecule has 5 nitrogen and oxygen atoms in total. The van der Waals surface area contributed by atoms with Crippen molar-refractivity contribution >= 4 is 22.0 Å². The van der Waals surface area contributed by atoms with Gasteiger partial charge >= 0.3 is 6.09 Å². The van der Waals surface area contributed by atoms with Crippen LogP contribution in [-0.2, 0) is 4.74 Å². The van der Waals surface area contributed by atoms with Crippen LogP contribution in [0.4, 0.5) is 4.79 Å².